The van der Waals surface area contributed by atoms with Crippen molar-refractivity contribution < 1.29 is 9.53 Å². The van der Waals surface area contributed by atoms with Gasteiger partial charge in [-0.3, -0.25) is 4.90 Å². The van der Waals surface area contributed by atoms with Crippen LogP contribution in [0.25, 0.3) is 0 Å². The summed E-state index contributed by atoms with van der Waals surface area (Å²) in [7, 11) is 0. The van der Waals surface area contributed by atoms with Crippen molar-refractivity contribution in [3.8, 4) is 0 Å². The molecule has 30 heavy (non-hydrogen) atoms. The van der Waals surface area contributed by atoms with Crippen molar-refractivity contribution in [2.24, 2.45) is 0 Å². The minimum atomic E-state index is -0.0656. The molecule has 0 saturated carbocycles. The highest BCUT2D eigenvalue weighted by Crippen LogP contribution is 2.22. The fourth-order valence-electron chi connectivity index (χ4n) is 3.32. The predicted octanol–water partition coefficient (Wildman–Crippen LogP) is 3.49. The summed E-state index contributed by atoms with van der Waals surface area (Å²) < 4.78 is 7.43. The zero-order chi connectivity index (χ0) is 21.3. The Kier molecular flexibility index (Phi) is 8.81. The molecule has 2 aromatic rings. The third-order valence-corrected chi connectivity index (χ3v) is 5.68. The summed E-state index contributed by atoms with van der Waals surface area (Å²) in [4.78, 5) is 21.4. The molecule has 0 unspecified atom stereocenters. The largest absolute Gasteiger partial charge is 0.379 e. The second kappa shape index (κ2) is 11.6. The summed E-state index contributed by atoms with van der Waals surface area (Å²) in [5.74, 6) is 0.814. The van der Waals surface area contributed by atoms with Gasteiger partial charge in [-0.25, -0.2) is 9.78 Å². The first-order chi connectivity index (χ1) is 14.6. The van der Waals surface area contributed by atoms with Gasteiger partial charge in [0, 0.05) is 55.2 Å². The average Bonchev–Trinajstić information content (AvgIpc) is 3.18. The van der Waals surface area contributed by atoms with Gasteiger partial charge in [-0.15, -0.1) is 0 Å². The minimum Gasteiger partial charge on any atom is -0.379 e. The van der Waals surface area contributed by atoms with Crippen LogP contribution in [0.5, 0.6) is 0 Å². The summed E-state index contributed by atoms with van der Waals surface area (Å²) in [6.45, 7) is 8.42. The van der Waals surface area contributed by atoms with Crippen molar-refractivity contribution in [1.29, 1.82) is 0 Å². The highest BCUT2D eigenvalue weighted by molar-refractivity contribution is 6.35. The summed E-state index contributed by atoms with van der Waals surface area (Å²) in [6, 6.07) is 5.41. The van der Waals surface area contributed by atoms with E-state index in [0.29, 0.717) is 36.2 Å². The number of nitrogens with one attached hydrogen (secondary N) is 1. The van der Waals surface area contributed by atoms with Crippen LogP contribution in [0.2, 0.25) is 10.0 Å². The first-order valence-corrected chi connectivity index (χ1v) is 11.1. The SMILES string of the molecule is CCCNC(=O)N(CCN1CCOCC1)Cc1nccn1Cc1ccc(Cl)cc1Cl. The number of imidazole rings is 1. The van der Waals surface area contributed by atoms with Gasteiger partial charge < -0.3 is 19.5 Å². The average molecular weight is 454 g/mol. The van der Waals surface area contributed by atoms with Gasteiger partial charge in [0.2, 0.25) is 0 Å². The van der Waals surface area contributed by atoms with E-state index in [9.17, 15) is 4.79 Å². The zero-order valence-electron chi connectivity index (χ0n) is 17.3. The molecule has 164 valence electrons. The Bertz CT molecular complexity index is 823. The molecule has 0 atom stereocenters. The summed E-state index contributed by atoms with van der Waals surface area (Å²) in [5, 5.41) is 4.21. The molecule has 1 aliphatic rings. The van der Waals surface area contributed by atoms with E-state index in [2.05, 4.69) is 15.2 Å². The summed E-state index contributed by atoms with van der Waals surface area (Å²) in [6.07, 6.45) is 4.56. The number of rotatable bonds is 9. The molecule has 1 N–H and O–H groups in total. The number of aromatic nitrogens is 2. The molecule has 1 aromatic carbocycles. The standard InChI is InChI=1S/C21H29Cl2N5O2/c1-2-5-25-21(29)28(9-8-26-10-12-30-13-11-26)16-20-24-6-7-27(20)15-17-3-4-18(22)14-19(17)23/h3-4,6-7,14H,2,5,8-13,15-16H2,1H3,(H,25,29). The Balaban J connectivity index is 1.68. The number of carbonyl (C=O) groups excluding carboxylic acids is 1. The van der Waals surface area contributed by atoms with E-state index < -0.39 is 0 Å². The molecule has 7 nitrogen and oxygen atoms in total. The number of hydrogen-bond acceptors (Lipinski definition) is 4. The maximum absolute atomic E-state index is 12.8. The lowest BCUT2D eigenvalue weighted by molar-refractivity contribution is 0.0345. The Hall–Kier alpha value is -1.80. The van der Waals surface area contributed by atoms with Gasteiger partial charge in [0.1, 0.15) is 5.82 Å². The van der Waals surface area contributed by atoms with E-state index in [1.807, 2.05) is 34.7 Å². The second-order valence-electron chi connectivity index (χ2n) is 7.31. The van der Waals surface area contributed by atoms with Crippen molar-refractivity contribution >= 4 is 29.2 Å². The number of amides is 2. The normalized spacial score (nSPS) is 14.6. The van der Waals surface area contributed by atoms with E-state index in [1.54, 1.807) is 12.3 Å². The third kappa shape index (κ3) is 6.60. The van der Waals surface area contributed by atoms with E-state index in [-0.39, 0.29) is 6.03 Å². The molecule has 0 spiro atoms. The van der Waals surface area contributed by atoms with Crippen molar-refractivity contribution in [1.82, 2.24) is 24.7 Å². The monoisotopic (exact) mass is 453 g/mol. The molecule has 2 amide bonds. The smallest absolute Gasteiger partial charge is 0.317 e. The summed E-state index contributed by atoms with van der Waals surface area (Å²) in [5.41, 5.74) is 0.954. The van der Waals surface area contributed by atoms with Gasteiger partial charge in [-0.05, 0) is 24.1 Å². The molecule has 3 rings (SSSR count). The van der Waals surface area contributed by atoms with Gasteiger partial charge in [0.25, 0.3) is 0 Å². The number of carbonyl (C=O) groups is 1. The Morgan fingerprint density at radius 2 is 2.10 bits per heavy atom. The summed E-state index contributed by atoms with van der Waals surface area (Å²) >= 11 is 12.3. The van der Waals surface area contributed by atoms with Gasteiger partial charge in [0.15, 0.2) is 0 Å². The molecular formula is C21H29Cl2N5O2. The van der Waals surface area contributed by atoms with Crippen LogP contribution in [0.1, 0.15) is 24.7 Å². The Morgan fingerprint density at radius 3 is 2.83 bits per heavy atom. The number of ether oxygens (including phenoxy) is 1. The van der Waals surface area contributed by atoms with Crippen molar-refractivity contribution in [2.45, 2.75) is 26.4 Å². The Labute approximate surface area is 187 Å². The molecule has 1 saturated heterocycles. The van der Waals surface area contributed by atoms with Crippen LogP contribution in [0, 0.1) is 0 Å². The number of benzene rings is 1. The lowest BCUT2D eigenvalue weighted by Gasteiger charge is -2.30. The molecule has 0 aliphatic carbocycles. The molecular weight excluding hydrogens is 425 g/mol. The topological polar surface area (TPSA) is 62.6 Å². The first kappa shape index (κ1) is 22.9. The van der Waals surface area contributed by atoms with Gasteiger partial charge in [-0.1, -0.05) is 36.2 Å². The fourth-order valence-corrected chi connectivity index (χ4v) is 3.79. The maximum Gasteiger partial charge on any atom is 0.317 e. The number of nitrogens with zero attached hydrogens (tertiary/aromatic N) is 4. The third-order valence-electron chi connectivity index (χ3n) is 5.09. The van der Waals surface area contributed by atoms with Crippen LogP contribution in [0.4, 0.5) is 4.79 Å². The lowest BCUT2D eigenvalue weighted by atomic mass is 10.2. The number of urea groups is 1. The predicted molar refractivity (Wildman–Crippen MR) is 119 cm³/mol. The maximum atomic E-state index is 12.8. The van der Waals surface area contributed by atoms with Crippen molar-refractivity contribution in [2.75, 3.05) is 45.9 Å². The van der Waals surface area contributed by atoms with Crippen LogP contribution in [0.3, 0.4) is 0 Å². The van der Waals surface area contributed by atoms with Crippen LogP contribution >= 0.6 is 23.2 Å². The number of halogens is 2. The second-order valence-corrected chi connectivity index (χ2v) is 8.16. The number of hydrogen-bond donors (Lipinski definition) is 1. The zero-order valence-corrected chi connectivity index (χ0v) is 18.8. The van der Waals surface area contributed by atoms with E-state index in [1.165, 1.54) is 0 Å². The quantitative estimate of drug-likeness (QED) is 0.630. The van der Waals surface area contributed by atoms with Gasteiger partial charge >= 0.3 is 6.03 Å². The van der Waals surface area contributed by atoms with Crippen molar-refractivity contribution in [3.05, 3.63) is 52.0 Å². The van der Waals surface area contributed by atoms with Crippen molar-refractivity contribution in [3.63, 3.8) is 0 Å². The van der Waals surface area contributed by atoms with E-state index >= 15 is 0 Å². The van der Waals surface area contributed by atoms with E-state index in [0.717, 1.165) is 50.7 Å². The van der Waals surface area contributed by atoms with Crippen LogP contribution in [-0.4, -0.2) is 71.3 Å². The van der Waals surface area contributed by atoms with Crippen LogP contribution in [0.15, 0.2) is 30.6 Å². The number of morpholine rings is 1. The lowest BCUT2D eigenvalue weighted by Crippen LogP contribution is -2.46. The molecule has 0 radical (unpaired) electrons. The molecule has 1 aromatic heterocycles. The van der Waals surface area contributed by atoms with Crippen LogP contribution in [-0.2, 0) is 17.8 Å². The van der Waals surface area contributed by atoms with Gasteiger partial charge in [0.05, 0.1) is 26.3 Å². The molecule has 1 fully saturated rings. The van der Waals surface area contributed by atoms with Gasteiger partial charge in [-0.2, -0.15) is 0 Å². The fraction of sp³-hybridized carbons (Fsp3) is 0.524. The molecule has 9 heteroatoms. The molecule has 1 aliphatic heterocycles. The molecule has 0 bridgehead atoms. The highest BCUT2D eigenvalue weighted by atomic mass is 35.5. The van der Waals surface area contributed by atoms with Crippen LogP contribution < -0.4 is 5.32 Å². The molecule has 2 heterocycles. The first-order valence-electron chi connectivity index (χ1n) is 10.3. The minimum absolute atomic E-state index is 0.0656. The Morgan fingerprint density at radius 1 is 1.30 bits per heavy atom. The highest BCUT2D eigenvalue weighted by Gasteiger charge is 2.19. The van der Waals surface area contributed by atoms with E-state index in [4.69, 9.17) is 27.9 Å².